The lowest BCUT2D eigenvalue weighted by molar-refractivity contribution is -0.0606. The number of aliphatic hydroxyl groups is 1. The Morgan fingerprint density at radius 3 is 2.63 bits per heavy atom. The molecule has 0 spiro atoms. The van der Waals surface area contributed by atoms with Crippen molar-refractivity contribution in [2.45, 2.75) is 51.1 Å². The molecule has 2 saturated heterocycles. The second-order valence-electron chi connectivity index (χ2n) is 10.1. The molecule has 5 rings (SSSR count). The lowest BCUT2D eigenvalue weighted by Gasteiger charge is -2.57. The molecule has 2 aromatic carbocycles. The Morgan fingerprint density at radius 2 is 1.86 bits per heavy atom. The molecule has 35 heavy (non-hydrogen) atoms. The molecule has 3 aliphatic heterocycles. The summed E-state index contributed by atoms with van der Waals surface area (Å²) in [5.74, 6) is 8.58. The van der Waals surface area contributed by atoms with E-state index in [2.05, 4.69) is 54.9 Å². The highest BCUT2D eigenvalue weighted by molar-refractivity contribution is 5.95. The first kappa shape index (κ1) is 23.7. The van der Waals surface area contributed by atoms with Gasteiger partial charge in [-0.15, -0.1) is 0 Å². The van der Waals surface area contributed by atoms with Crippen molar-refractivity contribution in [2.24, 2.45) is 5.92 Å². The van der Waals surface area contributed by atoms with Crippen molar-refractivity contribution in [2.75, 3.05) is 33.0 Å². The number of hydrogen-bond acceptors (Lipinski definition) is 5. The third-order valence-electron chi connectivity index (χ3n) is 7.32. The molecule has 2 aromatic rings. The summed E-state index contributed by atoms with van der Waals surface area (Å²) in [6, 6.07) is 14.1. The van der Waals surface area contributed by atoms with Gasteiger partial charge in [0.25, 0.3) is 5.91 Å². The van der Waals surface area contributed by atoms with Crippen LogP contribution in [0.4, 0.5) is 0 Å². The summed E-state index contributed by atoms with van der Waals surface area (Å²) in [7, 11) is 0. The summed E-state index contributed by atoms with van der Waals surface area (Å²) in [4.78, 5) is 17.8. The lowest BCUT2D eigenvalue weighted by Crippen LogP contribution is -2.67. The molecule has 2 fully saturated rings. The van der Waals surface area contributed by atoms with Gasteiger partial charge >= 0.3 is 0 Å². The number of rotatable bonds is 4. The molecular weight excluding hydrogens is 440 g/mol. The minimum Gasteiger partial charge on any atom is -0.454 e. The van der Waals surface area contributed by atoms with Crippen LogP contribution in [0.3, 0.4) is 0 Å². The summed E-state index contributed by atoms with van der Waals surface area (Å²) in [5, 5.41) is 10.2. The van der Waals surface area contributed by atoms with Gasteiger partial charge in [0.15, 0.2) is 11.5 Å². The molecule has 0 unspecified atom stereocenters. The minimum atomic E-state index is 0.0205. The van der Waals surface area contributed by atoms with Crippen LogP contribution in [0, 0.1) is 17.8 Å². The number of amides is 1. The van der Waals surface area contributed by atoms with Crippen molar-refractivity contribution in [3.05, 3.63) is 59.2 Å². The number of hydrogen-bond donors (Lipinski definition) is 1. The molecule has 1 N–H and O–H groups in total. The van der Waals surface area contributed by atoms with Gasteiger partial charge in [0.1, 0.15) is 0 Å². The van der Waals surface area contributed by atoms with Crippen LogP contribution in [0.2, 0.25) is 0 Å². The minimum absolute atomic E-state index is 0.0205. The fourth-order valence-electron chi connectivity index (χ4n) is 5.48. The average Bonchev–Trinajstić information content (AvgIpc) is 3.31. The maximum absolute atomic E-state index is 13.5. The number of ether oxygens (including phenoxy) is 2. The van der Waals surface area contributed by atoms with E-state index in [1.54, 1.807) is 6.07 Å². The maximum Gasteiger partial charge on any atom is 0.254 e. The van der Waals surface area contributed by atoms with Crippen LogP contribution in [0.1, 0.15) is 60.5 Å². The topological polar surface area (TPSA) is 62.2 Å². The number of nitrogens with zero attached hydrogens (tertiary/aromatic N) is 2. The van der Waals surface area contributed by atoms with Crippen LogP contribution < -0.4 is 9.47 Å². The second-order valence-corrected chi connectivity index (χ2v) is 10.1. The van der Waals surface area contributed by atoms with E-state index in [4.69, 9.17) is 9.47 Å². The Hall–Kier alpha value is -3.01. The second kappa shape index (κ2) is 10.3. The summed E-state index contributed by atoms with van der Waals surface area (Å²) in [6.45, 7) is 6.99. The number of carbonyl (C=O) groups excluding carboxylic acids is 1. The van der Waals surface area contributed by atoms with E-state index in [9.17, 15) is 9.90 Å². The van der Waals surface area contributed by atoms with Crippen molar-refractivity contribution < 1.29 is 19.4 Å². The maximum atomic E-state index is 13.5. The van der Waals surface area contributed by atoms with E-state index in [0.717, 1.165) is 37.9 Å². The van der Waals surface area contributed by atoms with E-state index in [-0.39, 0.29) is 37.3 Å². The van der Waals surface area contributed by atoms with Crippen LogP contribution in [0.15, 0.2) is 42.5 Å². The summed E-state index contributed by atoms with van der Waals surface area (Å²) < 4.78 is 10.9. The first-order valence-electron chi connectivity index (χ1n) is 12.7. The molecule has 0 aromatic heterocycles. The lowest BCUT2D eigenvalue weighted by atomic mass is 9.74. The van der Waals surface area contributed by atoms with Gasteiger partial charge < -0.3 is 19.5 Å². The van der Waals surface area contributed by atoms with Gasteiger partial charge in [-0.25, -0.2) is 0 Å². The van der Waals surface area contributed by atoms with Crippen molar-refractivity contribution >= 4 is 5.91 Å². The smallest absolute Gasteiger partial charge is 0.254 e. The predicted molar refractivity (Wildman–Crippen MR) is 135 cm³/mol. The van der Waals surface area contributed by atoms with Crippen LogP contribution in [0.5, 0.6) is 11.5 Å². The fourth-order valence-corrected chi connectivity index (χ4v) is 5.48. The standard InChI is InChI=1S/C29H34N2O4/c1-20(2)6-5-7-21-8-10-22(11-9-21)28-24-17-30(14-3-4-15-31(24)25(28)18-32)29(33)23-12-13-26-27(16-23)35-19-34-26/h8-13,16,20,24-25,28,32H,3-4,6,14-15,17-19H2,1-2H3/t24-,25-,28+/m0/s1. The van der Waals surface area contributed by atoms with E-state index in [1.807, 2.05) is 17.0 Å². The summed E-state index contributed by atoms with van der Waals surface area (Å²) in [5.41, 5.74) is 2.85. The van der Waals surface area contributed by atoms with Crippen molar-refractivity contribution in [3.8, 4) is 23.3 Å². The molecule has 0 aliphatic carbocycles. The highest BCUT2D eigenvalue weighted by Crippen LogP contribution is 2.42. The monoisotopic (exact) mass is 474 g/mol. The van der Waals surface area contributed by atoms with Gasteiger partial charge in [-0.2, -0.15) is 0 Å². The Morgan fingerprint density at radius 1 is 1.09 bits per heavy atom. The van der Waals surface area contributed by atoms with Gasteiger partial charge in [0.2, 0.25) is 6.79 Å². The Balaban J connectivity index is 1.34. The Kier molecular flexibility index (Phi) is 6.99. The van der Waals surface area contributed by atoms with Crippen molar-refractivity contribution in [1.29, 1.82) is 0 Å². The first-order chi connectivity index (χ1) is 17.0. The molecular formula is C29H34N2O4. The van der Waals surface area contributed by atoms with Crippen molar-refractivity contribution in [1.82, 2.24) is 9.80 Å². The molecule has 0 saturated carbocycles. The van der Waals surface area contributed by atoms with E-state index >= 15 is 0 Å². The van der Waals surface area contributed by atoms with Gasteiger partial charge in [-0.05, 0) is 61.2 Å². The normalized spacial score (nSPS) is 23.5. The van der Waals surface area contributed by atoms with Gasteiger partial charge in [0.05, 0.1) is 6.61 Å². The first-order valence-corrected chi connectivity index (χ1v) is 12.7. The van der Waals surface area contributed by atoms with Crippen LogP contribution in [-0.4, -0.2) is 65.9 Å². The zero-order valence-corrected chi connectivity index (χ0v) is 20.6. The zero-order chi connectivity index (χ0) is 24.4. The Bertz CT molecular complexity index is 1120. The van der Waals surface area contributed by atoms with Gasteiger partial charge in [-0.1, -0.05) is 37.8 Å². The van der Waals surface area contributed by atoms with Crippen LogP contribution >= 0.6 is 0 Å². The number of benzene rings is 2. The molecule has 3 aliphatic rings. The molecule has 0 radical (unpaired) electrons. The van der Waals surface area contributed by atoms with E-state index in [1.165, 1.54) is 5.56 Å². The number of carbonyl (C=O) groups is 1. The molecule has 3 atom stereocenters. The predicted octanol–water partition coefficient (Wildman–Crippen LogP) is 3.88. The van der Waals surface area contributed by atoms with Crippen LogP contribution in [-0.2, 0) is 0 Å². The van der Waals surface area contributed by atoms with Crippen molar-refractivity contribution in [3.63, 3.8) is 0 Å². The average molecular weight is 475 g/mol. The van der Waals surface area contributed by atoms with E-state index in [0.29, 0.717) is 29.5 Å². The van der Waals surface area contributed by atoms with Crippen LogP contribution in [0.25, 0.3) is 0 Å². The molecule has 6 nitrogen and oxygen atoms in total. The molecule has 184 valence electrons. The largest absolute Gasteiger partial charge is 0.454 e. The summed E-state index contributed by atoms with van der Waals surface area (Å²) in [6.07, 6.45) is 2.85. The van der Waals surface area contributed by atoms with Gasteiger partial charge in [-0.3, -0.25) is 9.69 Å². The quantitative estimate of drug-likeness (QED) is 0.682. The fraction of sp³-hybridized carbons (Fsp3) is 0.483. The number of fused-ring (bicyclic) bond motifs is 2. The number of aliphatic hydroxyl groups excluding tert-OH is 1. The molecule has 3 heterocycles. The van der Waals surface area contributed by atoms with E-state index < -0.39 is 0 Å². The molecule has 1 amide bonds. The molecule has 6 heteroatoms. The zero-order valence-electron chi connectivity index (χ0n) is 20.6. The highest BCUT2D eigenvalue weighted by Gasteiger charge is 2.49. The summed E-state index contributed by atoms with van der Waals surface area (Å²) >= 11 is 0. The molecule has 0 bridgehead atoms. The highest BCUT2D eigenvalue weighted by atomic mass is 16.7. The van der Waals surface area contributed by atoms with Gasteiger partial charge in [0, 0.05) is 48.6 Å². The Labute approximate surface area is 207 Å². The third kappa shape index (κ3) is 4.89. The third-order valence-corrected chi connectivity index (χ3v) is 7.32. The SMILES string of the molecule is CC(C)CC#Cc1ccc([C@H]2[C@H](CO)N3CCCCN(C(=O)c4ccc5c(c4)OCO5)C[C@@H]23)cc1.